The van der Waals surface area contributed by atoms with Crippen molar-refractivity contribution >= 4 is 46.5 Å². The first-order chi connectivity index (χ1) is 19.1. The average molecular weight is 529 g/mol. The number of fused-ring (bicyclic) bond motifs is 5. The number of ketones is 1. The van der Waals surface area contributed by atoms with Crippen LogP contribution in [0.5, 0.6) is 0 Å². The summed E-state index contributed by atoms with van der Waals surface area (Å²) in [4.78, 5) is 13.2. The normalized spacial score (nSPS) is 14.2. The number of benzene rings is 4. The molecule has 3 nitrogen and oxygen atoms in total. The number of halogens is 1. The van der Waals surface area contributed by atoms with E-state index in [1.807, 2.05) is 54.8 Å². The van der Waals surface area contributed by atoms with E-state index in [2.05, 4.69) is 47.8 Å². The van der Waals surface area contributed by atoms with E-state index in [4.69, 9.17) is 17.3 Å². The lowest BCUT2D eigenvalue weighted by Crippen LogP contribution is -2.26. The van der Waals surface area contributed by atoms with Gasteiger partial charge in [-0.25, -0.2) is 0 Å². The smallest absolute Gasteiger partial charge is 0.189 e. The van der Waals surface area contributed by atoms with E-state index >= 15 is 0 Å². The number of carbonyl (C=O) groups excluding carboxylic acids is 1. The van der Waals surface area contributed by atoms with Gasteiger partial charge in [0, 0.05) is 33.7 Å². The Bertz CT molecular complexity index is 1870. The largest absolute Gasteiger partial charge is 0.399 e. The standard InChI is InChI=1S/C25H20ClNO.C10H9N/c26-24-6-2-4-18-20-11-12-21-17(19(20)13-14-22(18)24)3-1-5-23(21)25(28)15-7-9-16(27)10-8-15;1-2-7-10-9(5-1)6-3-4-8-11-10/h2,4,6-12,14H,1,3,5,13,27H2;1-8,11H. The third-order valence-electron chi connectivity index (χ3n) is 7.59. The second-order valence-electron chi connectivity index (χ2n) is 9.96. The van der Waals surface area contributed by atoms with Gasteiger partial charge in [-0.1, -0.05) is 72.3 Å². The molecule has 0 atom stereocenters. The van der Waals surface area contributed by atoms with E-state index in [0.29, 0.717) is 11.3 Å². The molecule has 4 heteroatoms. The molecule has 1 aliphatic heterocycles. The zero-order chi connectivity index (χ0) is 26.8. The van der Waals surface area contributed by atoms with E-state index in [9.17, 15) is 4.79 Å². The highest BCUT2D eigenvalue weighted by Crippen LogP contribution is 2.24. The SMILES string of the molecule is C1=CNc2ccccc2C=C1.Nc1ccc(C(=O)C2=c3ccc4c(c3CCC2)CC=c2c(Cl)cccc2=4)cc1. The van der Waals surface area contributed by atoms with Crippen LogP contribution in [0.4, 0.5) is 11.4 Å². The van der Waals surface area contributed by atoms with Crippen LogP contribution in [-0.2, 0) is 12.8 Å². The van der Waals surface area contributed by atoms with Crippen molar-refractivity contribution in [3.63, 3.8) is 0 Å². The molecule has 0 spiro atoms. The van der Waals surface area contributed by atoms with Gasteiger partial charge in [0.15, 0.2) is 5.78 Å². The number of nitrogens with two attached hydrogens (primary N) is 1. The van der Waals surface area contributed by atoms with Gasteiger partial charge in [0.25, 0.3) is 0 Å². The monoisotopic (exact) mass is 528 g/mol. The molecule has 192 valence electrons. The summed E-state index contributed by atoms with van der Waals surface area (Å²) in [5.41, 5.74) is 13.1. The fourth-order valence-electron chi connectivity index (χ4n) is 5.68. The minimum atomic E-state index is 0.115. The van der Waals surface area contributed by atoms with Crippen molar-refractivity contribution in [3.05, 3.63) is 145 Å². The first-order valence-electron chi connectivity index (χ1n) is 13.3. The van der Waals surface area contributed by atoms with Crippen molar-refractivity contribution in [1.29, 1.82) is 0 Å². The maximum Gasteiger partial charge on any atom is 0.189 e. The van der Waals surface area contributed by atoms with Crippen LogP contribution >= 0.6 is 11.6 Å². The molecular formula is C35H29ClN2O. The predicted octanol–water partition coefficient (Wildman–Crippen LogP) is 6.55. The topological polar surface area (TPSA) is 55.1 Å². The Morgan fingerprint density at radius 2 is 1.62 bits per heavy atom. The second-order valence-corrected chi connectivity index (χ2v) is 10.4. The van der Waals surface area contributed by atoms with Crippen molar-refractivity contribution < 1.29 is 4.79 Å². The maximum absolute atomic E-state index is 13.2. The molecule has 2 aliphatic carbocycles. The number of para-hydroxylation sites is 1. The number of hydrogen-bond donors (Lipinski definition) is 2. The van der Waals surface area contributed by atoms with Crippen LogP contribution in [0, 0.1) is 10.4 Å². The van der Waals surface area contributed by atoms with E-state index < -0.39 is 0 Å². The highest BCUT2D eigenvalue weighted by molar-refractivity contribution is 6.30. The molecule has 39 heavy (non-hydrogen) atoms. The van der Waals surface area contributed by atoms with E-state index in [1.165, 1.54) is 27.1 Å². The molecule has 1 heterocycles. The Morgan fingerprint density at radius 3 is 2.49 bits per heavy atom. The molecule has 0 saturated heterocycles. The third-order valence-corrected chi connectivity index (χ3v) is 7.92. The summed E-state index contributed by atoms with van der Waals surface area (Å²) >= 11 is 6.41. The zero-order valence-electron chi connectivity index (χ0n) is 21.6. The summed E-state index contributed by atoms with van der Waals surface area (Å²) in [7, 11) is 0. The minimum Gasteiger partial charge on any atom is -0.399 e. The molecule has 7 rings (SSSR count). The van der Waals surface area contributed by atoms with Gasteiger partial charge in [0.05, 0.1) is 0 Å². The van der Waals surface area contributed by atoms with Gasteiger partial charge in [-0.05, 0) is 106 Å². The lowest BCUT2D eigenvalue weighted by Gasteiger charge is -2.20. The summed E-state index contributed by atoms with van der Waals surface area (Å²) in [6.07, 6.45) is 14.0. The Morgan fingerprint density at radius 1 is 0.795 bits per heavy atom. The van der Waals surface area contributed by atoms with Crippen molar-refractivity contribution in [2.24, 2.45) is 0 Å². The van der Waals surface area contributed by atoms with Crippen LogP contribution < -0.4 is 21.5 Å². The van der Waals surface area contributed by atoms with Crippen molar-refractivity contribution in [1.82, 2.24) is 0 Å². The molecular weight excluding hydrogens is 500 g/mol. The van der Waals surface area contributed by atoms with Gasteiger partial charge >= 0.3 is 0 Å². The Kier molecular flexibility index (Phi) is 6.91. The van der Waals surface area contributed by atoms with Gasteiger partial charge in [0.1, 0.15) is 0 Å². The van der Waals surface area contributed by atoms with Crippen LogP contribution in [0.25, 0.3) is 17.7 Å². The Hall–Kier alpha value is -4.34. The summed E-state index contributed by atoms with van der Waals surface area (Å²) in [6.45, 7) is 0. The Balaban J connectivity index is 0.000000210. The molecule has 0 aromatic heterocycles. The first-order valence-corrected chi connectivity index (χ1v) is 13.7. The lowest BCUT2D eigenvalue weighted by molar-refractivity contribution is 0.105. The van der Waals surface area contributed by atoms with Crippen molar-refractivity contribution in [2.45, 2.75) is 25.7 Å². The fourth-order valence-corrected chi connectivity index (χ4v) is 5.93. The molecule has 3 N–H and O–H groups in total. The van der Waals surface area contributed by atoms with Crippen LogP contribution in [0.2, 0.25) is 5.02 Å². The van der Waals surface area contributed by atoms with E-state index in [0.717, 1.165) is 52.4 Å². The van der Waals surface area contributed by atoms with Crippen LogP contribution in [0.3, 0.4) is 0 Å². The molecule has 0 radical (unpaired) electrons. The van der Waals surface area contributed by atoms with Gasteiger partial charge in [-0.3, -0.25) is 4.79 Å². The van der Waals surface area contributed by atoms with Crippen molar-refractivity contribution in [3.8, 4) is 0 Å². The number of hydrogen-bond acceptors (Lipinski definition) is 3. The summed E-state index contributed by atoms with van der Waals surface area (Å²) < 4.78 is 0. The van der Waals surface area contributed by atoms with Gasteiger partial charge in [0.2, 0.25) is 0 Å². The van der Waals surface area contributed by atoms with Gasteiger partial charge < -0.3 is 11.1 Å². The summed E-state index contributed by atoms with van der Waals surface area (Å²) in [5, 5.41) is 8.65. The maximum atomic E-state index is 13.2. The molecule has 3 aliphatic rings. The molecule has 4 aromatic carbocycles. The van der Waals surface area contributed by atoms with Crippen LogP contribution in [0.1, 0.15) is 39.9 Å². The number of rotatable bonds is 2. The molecule has 0 amide bonds. The minimum absolute atomic E-state index is 0.115. The Labute approximate surface area is 233 Å². The predicted molar refractivity (Wildman–Crippen MR) is 163 cm³/mol. The summed E-state index contributed by atoms with van der Waals surface area (Å²) in [6, 6.07) is 25.8. The number of nitrogen functional groups attached to an aromatic ring is 1. The quantitative estimate of drug-likeness (QED) is 0.229. The molecule has 0 saturated carbocycles. The zero-order valence-corrected chi connectivity index (χ0v) is 22.3. The number of nitrogens with one attached hydrogen (secondary N) is 1. The third kappa shape index (κ3) is 4.94. The number of carbonyl (C=O) groups is 1. The fraction of sp³-hybridized carbons (Fsp3) is 0.114. The molecule has 0 unspecified atom stereocenters. The second kappa shape index (κ2) is 10.8. The molecule has 4 aromatic rings. The van der Waals surface area contributed by atoms with E-state index in [-0.39, 0.29) is 5.78 Å². The molecule has 0 fully saturated rings. The first kappa shape index (κ1) is 25.0. The van der Waals surface area contributed by atoms with Crippen LogP contribution in [-0.4, -0.2) is 5.78 Å². The summed E-state index contributed by atoms with van der Waals surface area (Å²) in [5.74, 6) is 0.115. The molecule has 0 bridgehead atoms. The average Bonchev–Trinajstić information content (AvgIpc) is 3.23. The number of allylic oxidation sites excluding steroid dienone is 2. The number of anilines is 2. The van der Waals surface area contributed by atoms with Gasteiger partial charge in [-0.15, -0.1) is 0 Å². The lowest BCUT2D eigenvalue weighted by atomic mass is 9.84. The highest BCUT2D eigenvalue weighted by atomic mass is 35.5. The number of Topliss-reactive ketones (excluding diaryl/α,β-unsaturated/α-hetero) is 1. The van der Waals surface area contributed by atoms with Gasteiger partial charge in [-0.2, -0.15) is 0 Å². The van der Waals surface area contributed by atoms with Crippen LogP contribution in [0.15, 0.2) is 97.2 Å². The van der Waals surface area contributed by atoms with E-state index in [1.54, 1.807) is 12.1 Å². The van der Waals surface area contributed by atoms with Crippen molar-refractivity contribution in [2.75, 3.05) is 11.1 Å². The highest BCUT2D eigenvalue weighted by Gasteiger charge is 2.21.